The van der Waals surface area contributed by atoms with Gasteiger partial charge in [0.2, 0.25) is 0 Å². The van der Waals surface area contributed by atoms with Crippen LogP contribution in [0.5, 0.6) is 0 Å². The Morgan fingerprint density at radius 3 is 2.70 bits per heavy atom. The number of nitrogens with one attached hydrogen (secondary N) is 2. The molecule has 1 aromatic carbocycles. The summed E-state index contributed by atoms with van der Waals surface area (Å²) in [7, 11) is 0. The van der Waals surface area contributed by atoms with Gasteiger partial charge in [-0.05, 0) is 44.9 Å². The van der Waals surface area contributed by atoms with Crippen molar-refractivity contribution >= 4 is 17.9 Å². The maximum Gasteiger partial charge on any atom is 0.408 e. The van der Waals surface area contributed by atoms with E-state index in [4.69, 9.17) is 4.74 Å². The molecule has 0 bridgehead atoms. The second-order valence-electron chi connectivity index (χ2n) is 6.93. The number of hydrogen-bond acceptors (Lipinski definition) is 4. The third kappa shape index (κ3) is 6.83. The lowest BCUT2D eigenvalue weighted by molar-refractivity contribution is 0.0502. The molecule has 0 saturated carbocycles. The number of thioether (sulfide) groups is 1. The van der Waals surface area contributed by atoms with Gasteiger partial charge in [0, 0.05) is 18.3 Å². The first kappa shape index (κ1) is 18.1. The van der Waals surface area contributed by atoms with Crippen molar-refractivity contribution < 1.29 is 9.53 Å². The van der Waals surface area contributed by atoms with Crippen LogP contribution in [0.25, 0.3) is 0 Å². The molecule has 5 heteroatoms. The van der Waals surface area contributed by atoms with Crippen molar-refractivity contribution in [3.63, 3.8) is 0 Å². The first-order valence-electron chi connectivity index (χ1n) is 8.29. The van der Waals surface area contributed by atoms with E-state index >= 15 is 0 Å². The Bertz CT molecular complexity index is 482. The Hall–Kier alpha value is -1.20. The maximum atomic E-state index is 12.1. The predicted octanol–water partition coefficient (Wildman–Crippen LogP) is 3.74. The maximum absolute atomic E-state index is 12.1. The summed E-state index contributed by atoms with van der Waals surface area (Å²) in [5.74, 6) is 2.41. The molecule has 2 unspecified atom stereocenters. The van der Waals surface area contributed by atoms with E-state index in [0.717, 1.165) is 11.3 Å². The summed E-state index contributed by atoms with van der Waals surface area (Å²) in [6.45, 7) is 6.35. The fourth-order valence-electron chi connectivity index (χ4n) is 2.57. The number of rotatable bonds is 5. The van der Waals surface area contributed by atoms with Gasteiger partial charge in [-0.25, -0.2) is 4.79 Å². The van der Waals surface area contributed by atoms with Gasteiger partial charge in [0.15, 0.2) is 0 Å². The van der Waals surface area contributed by atoms with Gasteiger partial charge in [-0.3, -0.25) is 0 Å². The molecule has 2 N–H and O–H groups in total. The molecule has 0 aliphatic carbocycles. The Morgan fingerprint density at radius 2 is 2.09 bits per heavy atom. The normalized spacial score (nSPS) is 19.9. The van der Waals surface area contributed by atoms with E-state index in [1.165, 1.54) is 18.6 Å². The predicted molar refractivity (Wildman–Crippen MR) is 96.9 cm³/mol. The van der Waals surface area contributed by atoms with Crippen LogP contribution in [0.1, 0.15) is 45.2 Å². The topological polar surface area (TPSA) is 50.4 Å². The molecule has 2 atom stereocenters. The largest absolute Gasteiger partial charge is 0.444 e. The second-order valence-corrected chi connectivity index (χ2v) is 8.08. The van der Waals surface area contributed by atoms with Crippen molar-refractivity contribution in [2.45, 2.75) is 51.3 Å². The highest BCUT2D eigenvalue weighted by Crippen LogP contribution is 2.19. The number of carbonyl (C=O) groups is 1. The van der Waals surface area contributed by atoms with Crippen LogP contribution < -0.4 is 10.6 Å². The van der Waals surface area contributed by atoms with E-state index in [1.807, 2.05) is 62.9 Å². The lowest BCUT2D eigenvalue weighted by Gasteiger charge is -2.27. The Balaban J connectivity index is 1.96. The fourth-order valence-corrected chi connectivity index (χ4v) is 3.68. The molecule has 1 fully saturated rings. The summed E-state index contributed by atoms with van der Waals surface area (Å²) in [5.41, 5.74) is 0.605. The molecule has 1 amide bonds. The summed E-state index contributed by atoms with van der Waals surface area (Å²) in [6.07, 6.45) is 2.10. The minimum Gasteiger partial charge on any atom is -0.444 e. The molecule has 4 nitrogen and oxygen atoms in total. The summed E-state index contributed by atoms with van der Waals surface area (Å²) in [5, 5.41) is 6.60. The number of ether oxygens (including phenoxy) is 1. The molecule has 0 radical (unpaired) electrons. The number of amides is 1. The number of carbonyl (C=O) groups excluding carboxylic acids is 1. The molecule has 0 spiro atoms. The molecule has 1 aromatic rings. The second kappa shape index (κ2) is 8.60. The van der Waals surface area contributed by atoms with Gasteiger partial charge in [0.05, 0.1) is 6.04 Å². The Morgan fingerprint density at radius 1 is 1.35 bits per heavy atom. The van der Waals surface area contributed by atoms with Gasteiger partial charge in [-0.15, -0.1) is 0 Å². The summed E-state index contributed by atoms with van der Waals surface area (Å²) < 4.78 is 5.40. The van der Waals surface area contributed by atoms with Gasteiger partial charge in [-0.2, -0.15) is 11.8 Å². The molecule has 0 aromatic heterocycles. The molecule has 1 saturated heterocycles. The highest BCUT2D eigenvalue weighted by molar-refractivity contribution is 7.99. The number of benzene rings is 1. The van der Waals surface area contributed by atoms with E-state index in [2.05, 4.69) is 10.6 Å². The molecule has 1 aliphatic rings. The van der Waals surface area contributed by atoms with Crippen molar-refractivity contribution in [1.82, 2.24) is 10.6 Å². The number of hydrogen-bond donors (Lipinski definition) is 2. The van der Waals surface area contributed by atoms with Gasteiger partial charge in [0.25, 0.3) is 0 Å². The SMILES string of the molecule is CC(C)(C)OC(=O)NC(CNC1CCCSC1)c1ccccc1. The van der Waals surface area contributed by atoms with Crippen LogP contribution in [0, 0.1) is 0 Å². The first-order valence-corrected chi connectivity index (χ1v) is 9.45. The monoisotopic (exact) mass is 336 g/mol. The van der Waals surface area contributed by atoms with Crippen LogP contribution >= 0.6 is 11.8 Å². The van der Waals surface area contributed by atoms with Crippen LogP contribution in [0.2, 0.25) is 0 Å². The van der Waals surface area contributed by atoms with Crippen LogP contribution in [0.3, 0.4) is 0 Å². The smallest absolute Gasteiger partial charge is 0.408 e. The quantitative estimate of drug-likeness (QED) is 0.860. The summed E-state index contributed by atoms with van der Waals surface area (Å²) in [6, 6.07) is 10.5. The lowest BCUT2D eigenvalue weighted by atomic mass is 10.1. The van der Waals surface area contributed by atoms with E-state index in [-0.39, 0.29) is 12.1 Å². The van der Waals surface area contributed by atoms with Crippen molar-refractivity contribution in [3.8, 4) is 0 Å². The lowest BCUT2D eigenvalue weighted by Crippen LogP contribution is -2.43. The van der Waals surface area contributed by atoms with Crippen molar-refractivity contribution in [3.05, 3.63) is 35.9 Å². The third-order valence-electron chi connectivity index (χ3n) is 3.66. The van der Waals surface area contributed by atoms with E-state index in [1.54, 1.807) is 0 Å². The van der Waals surface area contributed by atoms with Crippen LogP contribution in [-0.4, -0.2) is 35.8 Å². The van der Waals surface area contributed by atoms with Gasteiger partial charge in [-0.1, -0.05) is 30.3 Å². The molecular formula is C18H28N2O2S. The Labute approximate surface area is 143 Å². The average molecular weight is 337 g/mol. The number of alkyl carbamates (subject to hydrolysis) is 1. The molecule has 1 aliphatic heterocycles. The van der Waals surface area contributed by atoms with Crippen LogP contribution in [0.15, 0.2) is 30.3 Å². The molecule has 128 valence electrons. The van der Waals surface area contributed by atoms with Crippen molar-refractivity contribution in [1.29, 1.82) is 0 Å². The van der Waals surface area contributed by atoms with Crippen LogP contribution in [0.4, 0.5) is 4.79 Å². The Kier molecular flexibility index (Phi) is 6.78. The van der Waals surface area contributed by atoms with Crippen molar-refractivity contribution in [2.75, 3.05) is 18.1 Å². The van der Waals surface area contributed by atoms with Crippen molar-refractivity contribution in [2.24, 2.45) is 0 Å². The summed E-state index contributed by atoms with van der Waals surface area (Å²) >= 11 is 2.00. The summed E-state index contributed by atoms with van der Waals surface area (Å²) in [4.78, 5) is 12.1. The van der Waals surface area contributed by atoms with E-state index in [9.17, 15) is 4.79 Å². The molecule has 1 heterocycles. The van der Waals surface area contributed by atoms with Gasteiger partial charge < -0.3 is 15.4 Å². The molecule has 2 rings (SSSR count). The standard InChI is InChI=1S/C18H28N2O2S/c1-18(2,3)22-17(21)20-16(14-8-5-4-6-9-14)12-19-15-10-7-11-23-13-15/h4-6,8-9,15-16,19H,7,10-13H2,1-3H3,(H,20,21). The molecular weight excluding hydrogens is 308 g/mol. The first-order chi connectivity index (χ1) is 10.9. The van der Waals surface area contributed by atoms with E-state index < -0.39 is 5.60 Å². The zero-order chi connectivity index (χ0) is 16.7. The molecule has 23 heavy (non-hydrogen) atoms. The average Bonchev–Trinajstić information content (AvgIpc) is 2.51. The van der Waals surface area contributed by atoms with E-state index in [0.29, 0.717) is 12.6 Å². The highest BCUT2D eigenvalue weighted by atomic mass is 32.2. The third-order valence-corrected chi connectivity index (χ3v) is 4.88. The van der Waals surface area contributed by atoms with Crippen LogP contribution in [-0.2, 0) is 4.74 Å². The minimum absolute atomic E-state index is 0.0852. The zero-order valence-corrected chi connectivity index (χ0v) is 15.1. The highest BCUT2D eigenvalue weighted by Gasteiger charge is 2.22. The zero-order valence-electron chi connectivity index (χ0n) is 14.3. The minimum atomic E-state index is -0.487. The van der Waals surface area contributed by atoms with Gasteiger partial charge in [0.1, 0.15) is 5.60 Å². The van der Waals surface area contributed by atoms with Gasteiger partial charge >= 0.3 is 6.09 Å². The fraction of sp³-hybridized carbons (Fsp3) is 0.611.